The maximum atomic E-state index is 10.8. The summed E-state index contributed by atoms with van der Waals surface area (Å²) in [7, 11) is 0. The number of esters is 1. The number of aliphatic hydroxyl groups excluding tert-OH is 2. The standard InChI is InChI=1S/C8H17NO4/c1-2-13-8(12)3-4-9-5-7(11)6-10/h7,9-11H,2-6H2,1H3. The molecule has 0 rings (SSSR count). The van der Waals surface area contributed by atoms with Gasteiger partial charge in [-0.05, 0) is 6.92 Å². The number of aliphatic hydroxyl groups is 2. The molecule has 5 heteroatoms. The van der Waals surface area contributed by atoms with Crippen molar-refractivity contribution in [3.05, 3.63) is 0 Å². The van der Waals surface area contributed by atoms with Gasteiger partial charge in [0.15, 0.2) is 0 Å². The zero-order valence-electron chi connectivity index (χ0n) is 7.82. The first-order chi connectivity index (χ1) is 6.20. The summed E-state index contributed by atoms with van der Waals surface area (Å²) in [6.45, 7) is 2.61. The van der Waals surface area contributed by atoms with Crippen LogP contribution < -0.4 is 5.32 Å². The lowest BCUT2D eigenvalue weighted by atomic mass is 10.3. The van der Waals surface area contributed by atoms with E-state index in [1.54, 1.807) is 6.92 Å². The second-order valence-electron chi connectivity index (χ2n) is 2.60. The van der Waals surface area contributed by atoms with Crippen molar-refractivity contribution in [1.82, 2.24) is 5.32 Å². The van der Waals surface area contributed by atoms with E-state index in [0.29, 0.717) is 13.2 Å². The van der Waals surface area contributed by atoms with Crippen LogP contribution in [-0.4, -0.2) is 48.6 Å². The molecule has 78 valence electrons. The van der Waals surface area contributed by atoms with Gasteiger partial charge in [-0.15, -0.1) is 0 Å². The monoisotopic (exact) mass is 191 g/mol. The average Bonchev–Trinajstić information content (AvgIpc) is 2.12. The number of ether oxygens (including phenoxy) is 1. The maximum Gasteiger partial charge on any atom is 0.307 e. The molecule has 0 aromatic heterocycles. The Morgan fingerprint density at radius 2 is 2.31 bits per heavy atom. The van der Waals surface area contributed by atoms with Crippen molar-refractivity contribution >= 4 is 5.97 Å². The second kappa shape index (κ2) is 7.97. The van der Waals surface area contributed by atoms with Crippen molar-refractivity contribution in [1.29, 1.82) is 0 Å². The van der Waals surface area contributed by atoms with E-state index in [1.165, 1.54) is 0 Å². The van der Waals surface area contributed by atoms with Gasteiger partial charge in [0.25, 0.3) is 0 Å². The molecule has 0 bridgehead atoms. The highest BCUT2D eigenvalue weighted by Gasteiger charge is 2.03. The summed E-state index contributed by atoms with van der Waals surface area (Å²) in [6.07, 6.45) is -0.478. The summed E-state index contributed by atoms with van der Waals surface area (Å²) < 4.78 is 4.68. The smallest absolute Gasteiger partial charge is 0.307 e. The molecule has 0 aromatic rings. The molecule has 0 aromatic carbocycles. The molecular weight excluding hydrogens is 174 g/mol. The molecule has 0 fully saturated rings. The Labute approximate surface area is 77.7 Å². The van der Waals surface area contributed by atoms with Crippen LogP contribution in [0, 0.1) is 0 Å². The summed E-state index contributed by atoms with van der Waals surface area (Å²) in [6, 6.07) is 0. The largest absolute Gasteiger partial charge is 0.466 e. The van der Waals surface area contributed by atoms with Crippen molar-refractivity contribution in [2.24, 2.45) is 0 Å². The lowest BCUT2D eigenvalue weighted by Crippen LogP contribution is -2.31. The molecule has 1 unspecified atom stereocenters. The Morgan fingerprint density at radius 3 is 2.85 bits per heavy atom. The minimum Gasteiger partial charge on any atom is -0.466 e. The van der Waals surface area contributed by atoms with Crippen LogP contribution in [0.15, 0.2) is 0 Å². The van der Waals surface area contributed by atoms with E-state index < -0.39 is 6.10 Å². The van der Waals surface area contributed by atoms with Crippen molar-refractivity contribution in [3.8, 4) is 0 Å². The first kappa shape index (κ1) is 12.3. The second-order valence-corrected chi connectivity index (χ2v) is 2.60. The van der Waals surface area contributed by atoms with Gasteiger partial charge in [-0.1, -0.05) is 0 Å². The van der Waals surface area contributed by atoms with Crippen LogP contribution in [0.25, 0.3) is 0 Å². The molecule has 13 heavy (non-hydrogen) atoms. The summed E-state index contributed by atoms with van der Waals surface area (Å²) >= 11 is 0. The predicted octanol–water partition coefficient (Wildman–Crippen LogP) is -1.12. The number of carbonyl (C=O) groups is 1. The maximum absolute atomic E-state index is 10.8. The van der Waals surface area contributed by atoms with E-state index in [-0.39, 0.29) is 25.5 Å². The Kier molecular flexibility index (Phi) is 7.57. The topological polar surface area (TPSA) is 78.8 Å². The molecule has 0 heterocycles. The summed E-state index contributed by atoms with van der Waals surface area (Å²) in [5.74, 6) is -0.256. The van der Waals surface area contributed by atoms with Gasteiger partial charge in [0.1, 0.15) is 0 Å². The fourth-order valence-electron chi connectivity index (χ4n) is 0.757. The molecule has 0 radical (unpaired) electrons. The zero-order chi connectivity index (χ0) is 10.1. The molecule has 3 N–H and O–H groups in total. The Morgan fingerprint density at radius 1 is 1.62 bits per heavy atom. The quantitative estimate of drug-likeness (QED) is 0.351. The third kappa shape index (κ3) is 7.70. The van der Waals surface area contributed by atoms with Gasteiger partial charge < -0.3 is 20.3 Å². The predicted molar refractivity (Wildman–Crippen MR) is 47.2 cm³/mol. The fourth-order valence-corrected chi connectivity index (χ4v) is 0.757. The number of hydrogen-bond donors (Lipinski definition) is 3. The van der Waals surface area contributed by atoms with Gasteiger partial charge in [0.05, 0.1) is 25.7 Å². The molecule has 0 saturated heterocycles. The van der Waals surface area contributed by atoms with Crippen LogP contribution in [0.1, 0.15) is 13.3 Å². The van der Waals surface area contributed by atoms with Crippen LogP contribution in [0.2, 0.25) is 0 Å². The third-order valence-corrected chi connectivity index (χ3v) is 1.40. The lowest BCUT2D eigenvalue weighted by Gasteiger charge is -2.07. The molecule has 0 aliphatic rings. The number of carbonyl (C=O) groups excluding carboxylic acids is 1. The molecule has 0 saturated carbocycles. The normalized spacial score (nSPS) is 12.5. The van der Waals surface area contributed by atoms with Gasteiger partial charge >= 0.3 is 5.97 Å². The molecular formula is C8H17NO4. The number of hydrogen-bond acceptors (Lipinski definition) is 5. The molecule has 1 atom stereocenters. The van der Waals surface area contributed by atoms with Crippen LogP contribution in [0.4, 0.5) is 0 Å². The van der Waals surface area contributed by atoms with Gasteiger partial charge in [-0.25, -0.2) is 0 Å². The zero-order valence-corrected chi connectivity index (χ0v) is 7.82. The molecule has 0 spiro atoms. The van der Waals surface area contributed by atoms with Crippen molar-refractivity contribution < 1.29 is 19.7 Å². The average molecular weight is 191 g/mol. The number of rotatable bonds is 7. The van der Waals surface area contributed by atoms with E-state index in [2.05, 4.69) is 10.1 Å². The van der Waals surface area contributed by atoms with E-state index in [9.17, 15) is 4.79 Å². The van der Waals surface area contributed by atoms with E-state index in [0.717, 1.165) is 0 Å². The molecule has 0 amide bonds. The van der Waals surface area contributed by atoms with E-state index in [4.69, 9.17) is 10.2 Å². The molecule has 0 aliphatic carbocycles. The minimum atomic E-state index is -0.762. The summed E-state index contributed by atoms with van der Waals surface area (Å²) in [5, 5.41) is 20.2. The van der Waals surface area contributed by atoms with Crippen LogP contribution in [-0.2, 0) is 9.53 Å². The Bertz CT molecular complexity index is 140. The Hall–Kier alpha value is -0.650. The van der Waals surface area contributed by atoms with Crippen molar-refractivity contribution in [3.63, 3.8) is 0 Å². The van der Waals surface area contributed by atoms with E-state index >= 15 is 0 Å². The van der Waals surface area contributed by atoms with Gasteiger partial charge in [0.2, 0.25) is 0 Å². The van der Waals surface area contributed by atoms with Crippen molar-refractivity contribution in [2.45, 2.75) is 19.4 Å². The first-order valence-corrected chi connectivity index (χ1v) is 4.36. The lowest BCUT2D eigenvalue weighted by molar-refractivity contribution is -0.143. The first-order valence-electron chi connectivity index (χ1n) is 4.36. The number of nitrogens with one attached hydrogen (secondary N) is 1. The van der Waals surface area contributed by atoms with Crippen LogP contribution in [0.3, 0.4) is 0 Å². The van der Waals surface area contributed by atoms with Gasteiger partial charge in [0, 0.05) is 13.1 Å². The molecule has 0 aliphatic heterocycles. The van der Waals surface area contributed by atoms with Crippen molar-refractivity contribution in [2.75, 3.05) is 26.3 Å². The van der Waals surface area contributed by atoms with Gasteiger partial charge in [-0.3, -0.25) is 4.79 Å². The van der Waals surface area contributed by atoms with Crippen LogP contribution >= 0.6 is 0 Å². The van der Waals surface area contributed by atoms with Gasteiger partial charge in [-0.2, -0.15) is 0 Å². The highest BCUT2D eigenvalue weighted by molar-refractivity contribution is 5.69. The highest BCUT2D eigenvalue weighted by atomic mass is 16.5. The SMILES string of the molecule is CCOC(=O)CCNCC(O)CO. The highest BCUT2D eigenvalue weighted by Crippen LogP contribution is 1.84. The third-order valence-electron chi connectivity index (χ3n) is 1.40. The van der Waals surface area contributed by atoms with E-state index in [1.807, 2.05) is 0 Å². The minimum absolute atomic E-state index is 0.256. The molecule has 5 nitrogen and oxygen atoms in total. The Balaban J connectivity index is 3.20. The summed E-state index contributed by atoms with van der Waals surface area (Å²) in [4.78, 5) is 10.8. The fraction of sp³-hybridized carbons (Fsp3) is 0.875. The summed E-state index contributed by atoms with van der Waals surface area (Å²) in [5.41, 5.74) is 0. The van der Waals surface area contributed by atoms with Crippen LogP contribution in [0.5, 0.6) is 0 Å².